The van der Waals surface area contributed by atoms with E-state index in [-0.39, 0.29) is 0 Å². The normalized spacial score (nSPS) is 17.8. The molecule has 100 valence electrons. The number of methoxy groups -OCH3 is 1. The highest BCUT2D eigenvalue weighted by Gasteiger charge is 2.16. The minimum Gasteiger partial charge on any atom is -0.383 e. The molecule has 0 saturated carbocycles. The Labute approximate surface area is 109 Å². The molecule has 1 aromatic rings. The van der Waals surface area contributed by atoms with E-state index >= 15 is 0 Å². The van der Waals surface area contributed by atoms with Crippen LogP contribution in [0.2, 0.25) is 0 Å². The molecule has 0 N–H and O–H groups in total. The van der Waals surface area contributed by atoms with Crippen LogP contribution in [0.5, 0.6) is 0 Å². The van der Waals surface area contributed by atoms with Crippen LogP contribution in [0.15, 0.2) is 12.4 Å². The zero-order chi connectivity index (χ0) is 12.8. The first-order valence-electron chi connectivity index (χ1n) is 6.54. The van der Waals surface area contributed by atoms with Gasteiger partial charge >= 0.3 is 0 Å². The summed E-state index contributed by atoms with van der Waals surface area (Å²) < 4.78 is 5.13. The van der Waals surface area contributed by atoms with Crippen molar-refractivity contribution in [2.45, 2.75) is 13.3 Å². The maximum atomic E-state index is 5.13. The quantitative estimate of drug-likeness (QED) is 0.795. The van der Waals surface area contributed by atoms with Crippen molar-refractivity contribution in [3.63, 3.8) is 0 Å². The first kappa shape index (κ1) is 13.2. The second kappa shape index (κ2) is 6.66. The smallest absolute Gasteiger partial charge is 0.225 e. The predicted molar refractivity (Wildman–Crippen MR) is 71.9 cm³/mol. The van der Waals surface area contributed by atoms with Crippen LogP contribution in [0.25, 0.3) is 0 Å². The molecule has 1 aromatic heterocycles. The van der Waals surface area contributed by atoms with E-state index in [0.29, 0.717) is 0 Å². The van der Waals surface area contributed by atoms with Gasteiger partial charge in [0, 0.05) is 45.7 Å². The van der Waals surface area contributed by atoms with Crippen molar-refractivity contribution in [1.82, 2.24) is 14.9 Å². The van der Waals surface area contributed by atoms with Gasteiger partial charge in [0.2, 0.25) is 5.95 Å². The van der Waals surface area contributed by atoms with Gasteiger partial charge in [-0.3, -0.25) is 4.90 Å². The molecule has 1 saturated heterocycles. The molecule has 1 aliphatic rings. The van der Waals surface area contributed by atoms with E-state index in [1.165, 1.54) is 0 Å². The van der Waals surface area contributed by atoms with E-state index in [1.54, 1.807) is 7.11 Å². The second-order valence-corrected chi connectivity index (χ2v) is 4.74. The number of anilines is 1. The zero-order valence-corrected chi connectivity index (χ0v) is 11.3. The molecule has 0 spiro atoms. The van der Waals surface area contributed by atoms with Crippen molar-refractivity contribution in [3.8, 4) is 0 Å². The monoisotopic (exact) mass is 250 g/mol. The fourth-order valence-electron chi connectivity index (χ4n) is 2.16. The summed E-state index contributed by atoms with van der Waals surface area (Å²) in [5.74, 6) is 0.856. The zero-order valence-electron chi connectivity index (χ0n) is 11.3. The van der Waals surface area contributed by atoms with Crippen LogP contribution in [0.4, 0.5) is 5.95 Å². The summed E-state index contributed by atoms with van der Waals surface area (Å²) >= 11 is 0. The summed E-state index contributed by atoms with van der Waals surface area (Å²) in [6, 6.07) is 0. The molecule has 5 heteroatoms. The lowest BCUT2D eigenvalue weighted by Gasteiger charge is -2.21. The molecule has 0 aliphatic carbocycles. The van der Waals surface area contributed by atoms with E-state index < -0.39 is 0 Å². The van der Waals surface area contributed by atoms with Crippen LogP contribution in [-0.2, 0) is 4.74 Å². The van der Waals surface area contributed by atoms with Gasteiger partial charge in [-0.05, 0) is 25.5 Å². The summed E-state index contributed by atoms with van der Waals surface area (Å²) in [5.41, 5.74) is 1.11. The molecule has 0 bridgehead atoms. The maximum absolute atomic E-state index is 5.13. The molecular formula is C13H22N4O. The van der Waals surface area contributed by atoms with E-state index in [0.717, 1.165) is 57.3 Å². The molecule has 2 rings (SSSR count). The van der Waals surface area contributed by atoms with E-state index in [9.17, 15) is 0 Å². The molecule has 0 atom stereocenters. The van der Waals surface area contributed by atoms with Crippen LogP contribution < -0.4 is 4.90 Å². The largest absolute Gasteiger partial charge is 0.383 e. The first-order valence-corrected chi connectivity index (χ1v) is 6.54. The van der Waals surface area contributed by atoms with Crippen LogP contribution in [-0.4, -0.2) is 61.3 Å². The fraction of sp³-hybridized carbons (Fsp3) is 0.692. The molecule has 2 heterocycles. The predicted octanol–water partition coefficient (Wildman–Crippen LogP) is 0.944. The highest BCUT2D eigenvalue weighted by molar-refractivity contribution is 5.29. The Morgan fingerprint density at radius 1 is 1.17 bits per heavy atom. The molecule has 18 heavy (non-hydrogen) atoms. The van der Waals surface area contributed by atoms with Crippen molar-refractivity contribution in [1.29, 1.82) is 0 Å². The summed E-state index contributed by atoms with van der Waals surface area (Å²) in [5, 5.41) is 0. The van der Waals surface area contributed by atoms with Crippen molar-refractivity contribution < 1.29 is 4.74 Å². The van der Waals surface area contributed by atoms with E-state index in [2.05, 4.69) is 19.8 Å². The lowest BCUT2D eigenvalue weighted by molar-refractivity contribution is 0.152. The number of ether oxygens (including phenoxy) is 1. The Kier molecular flexibility index (Phi) is 4.90. The SMILES string of the molecule is COCCN1CCCN(c2ncc(C)cn2)CC1. The fourth-order valence-corrected chi connectivity index (χ4v) is 2.16. The Morgan fingerprint density at radius 2 is 1.94 bits per heavy atom. The highest BCUT2D eigenvalue weighted by Crippen LogP contribution is 2.10. The molecule has 5 nitrogen and oxygen atoms in total. The van der Waals surface area contributed by atoms with Gasteiger partial charge < -0.3 is 9.64 Å². The molecule has 1 aliphatic heterocycles. The average molecular weight is 250 g/mol. The Morgan fingerprint density at radius 3 is 2.67 bits per heavy atom. The van der Waals surface area contributed by atoms with Gasteiger partial charge in [0.25, 0.3) is 0 Å². The number of aromatic nitrogens is 2. The minimum absolute atomic E-state index is 0.807. The van der Waals surface area contributed by atoms with Crippen molar-refractivity contribution in [2.75, 3.05) is 51.3 Å². The van der Waals surface area contributed by atoms with Crippen LogP contribution >= 0.6 is 0 Å². The van der Waals surface area contributed by atoms with Crippen molar-refractivity contribution in [3.05, 3.63) is 18.0 Å². The molecular weight excluding hydrogens is 228 g/mol. The van der Waals surface area contributed by atoms with Crippen LogP contribution in [0.1, 0.15) is 12.0 Å². The van der Waals surface area contributed by atoms with Gasteiger partial charge in [-0.25, -0.2) is 9.97 Å². The van der Waals surface area contributed by atoms with Gasteiger partial charge in [0.1, 0.15) is 0 Å². The van der Waals surface area contributed by atoms with Crippen LogP contribution in [0.3, 0.4) is 0 Å². The van der Waals surface area contributed by atoms with Crippen LogP contribution in [0, 0.1) is 6.92 Å². The third-order valence-electron chi connectivity index (χ3n) is 3.25. The molecule has 0 unspecified atom stereocenters. The number of hydrogen-bond donors (Lipinski definition) is 0. The van der Waals surface area contributed by atoms with Gasteiger partial charge in [-0.2, -0.15) is 0 Å². The van der Waals surface area contributed by atoms with Gasteiger partial charge in [-0.15, -0.1) is 0 Å². The lowest BCUT2D eigenvalue weighted by Crippen LogP contribution is -2.33. The number of rotatable bonds is 4. The first-order chi connectivity index (χ1) is 8.79. The molecule has 0 aromatic carbocycles. The summed E-state index contributed by atoms with van der Waals surface area (Å²) in [6.45, 7) is 8.05. The van der Waals surface area contributed by atoms with E-state index in [4.69, 9.17) is 4.74 Å². The Hall–Kier alpha value is -1.20. The second-order valence-electron chi connectivity index (χ2n) is 4.74. The highest BCUT2D eigenvalue weighted by atomic mass is 16.5. The summed E-state index contributed by atoms with van der Waals surface area (Å²) in [6.07, 6.45) is 4.92. The lowest BCUT2D eigenvalue weighted by atomic mass is 10.4. The summed E-state index contributed by atoms with van der Waals surface area (Å²) in [7, 11) is 1.75. The van der Waals surface area contributed by atoms with Crippen molar-refractivity contribution in [2.24, 2.45) is 0 Å². The van der Waals surface area contributed by atoms with Crippen molar-refractivity contribution >= 4 is 5.95 Å². The third kappa shape index (κ3) is 3.65. The number of nitrogens with zero attached hydrogens (tertiary/aromatic N) is 4. The van der Waals surface area contributed by atoms with Gasteiger partial charge in [0.15, 0.2) is 0 Å². The number of aryl methyl sites for hydroxylation is 1. The Balaban J connectivity index is 1.90. The number of hydrogen-bond acceptors (Lipinski definition) is 5. The molecule has 1 fully saturated rings. The maximum Gasteiger partial charge on any atom is 0.225 e. The topological polar surface area (TPSA) is 41.5 Å². The van der Waals surface area contributed by atoms with E-state index in [1.807, 2.05) is 19.3 Å². The third-order valence-corrected chi connectivity index (χ3v) is 3.25. The van der Waals surface area contributed by atoms with Gasteiger partial charge in [-0.1, -0.05) is 0 Å². The van der Waals surface area contributed by atoms with Gasteiger partial charge in [0.05, 0.1) is 6.61 Å². The average Bonchev–Trinajstić information content (AvgIpc) is 2.63. The Bertz CT molecular complexity index is 355. The minimum atomic E-state index is 0.807. The standard InChI is InChI=1S/C13H22N4O/c1-12-10-14-13(15-11-12)17-5-3-4-16(6-7-17)8-9-18-2/h10-11H,3-9H2,1-2H3. The summed E-state index contributed by atoms with van der Waals surface area (Å²) in [4.78, 5) is 13.5. The molecule has 0 radical (unpaired) electrons. The molecule has 0 amide bonds.